The van der Waals surface area contributed by atoms with Crippen molar-refractivity contribution in [1.82, 2.24) is 4.98 Å². The predicted molar refractivity (Wildman–Crippen MR) is 98.4 cm³/mol. The zero-order chi connectivity index (χ0) is 17.1. The van der Waals surface area contributed by atoms with Gasteiger partial charge in [-0.3, -0.25) is 0 Å². The summed E-state index contributed by atoms with van der Waals surface area (Å²) < 4.78 is 5.87. The third-order valence-corrected chi connectivity index (χ3v) is 4.18. The van der Waals surface area contributed by atoms with Crippen LogP contribution >= 0.6 is 0 Å². The van der Waals surface area contributed by atoms with Crippen molar-refractivity contribution in [2.45, 2.75) is 6.10 Å². The van der Waals surface area contributed by atoms with Crippen LogP contribution < -0.4 is 0 Å². The Hall–Kier alpha value is -3.33. The number of aromatic amines is 1. The van der Waals surface area contributed by atoms with Crippen LogP contribution in [0.2, 0.25) is 0 Å². The van der Waals surface area contributed by atoms with E-state index in [0.29, 0.717) is 5.69 Å². The van der Waals surface area contributed by atoms with Crippen LogP contribution in [0.5, 0.6) is 0 Å². The number of para-hydroxylation sites is 1. The topological polar surface area (TPSA) is 42.1 Å². The van der Waals surface area contributed by atoms with Crippen LogP contribution in [0.25, 0.3) is 10.9 Å². The van der Waals surface area contributed by atoms with Gasteiger partial charge in [0.05, 0.1) is 0 Å². The Bertz CT molecular complexity index is 918. The summed E-state index contributed by atoms with van der Waals surface area (Å²) in [6, 6.07) is 29.2. The van der Waals surface area contributed by atoms with Gasteiger partial charge in [0.25, 0.3) is 0 Å². The number of esters is 1. The fourth-order valence-electron chi connectivity index (χ4n) is 2.94. The molecule has 4 rings (SSSR count). The molecule has 25 heavy (non-hydrogen) atoms. The lowest BCUT2D eigenvalue weighted by Crippen LogP contribution is -2.13. The van der Waals surface area contributed by atoms with E-state index >= 15 is 0 Å². The monoisotopic (exact) mass is 327 g/mol. The standard InChI is InChI=1S/C22H17NO2/c24-22(20-15-18-13-7-8-14-19(18)23-20)25-21(16-9-3-1-4-10-16)17-11-5-2-6-12-17/h1-15,21,23H. The van der Waals surface area contributed by atoms with Crippen LogP contribution in [0.4, 0.5) is 0 Å². The van der Waals surface area contributed by atoms with Crippen molar-refractivity contribution in [2.75, 3.05) is 0 Å². The average Bonchev–Trinajstić information content (AvgIpc) is 3.12. The number of nitrogens with one attached hydrogen (secondary N) is 1. The molecule has 0 bridgehead atoms. The van der Waals surface area contributed by atoms with E-state index in [1.54, 1.807) is 0 Å². The summed E-state index contributed by atoms with van der Waals surface area (Å²) in [6.45, 7) is 0. The molecule has 0 saturated carbocycles. The minimum absolute atomic E-state index is 0.367. The molecule has 0 amide bonds. The molecule has 1 heterocycles. The summed E-state index contributed by atoms with van der Waals surface area (Å²) in [6.07, 6.45) is -0.443. The maximum Gasteiger partial charge on any atom is 0.355 e. The molecule has 3 aromatic carbocycles. The van der Waals surface area contributed by atoms with Gasteiger partial charge < -0.3 is 9.72 Å². The Kier molecular flexibility index (Phi) is 4.05. The smallest absolute Gasteiger partial charge is 0.355 e. The van der Waals surface area contributed by atoms with Crippen molar-refractivity contribution in [1.29, 1.82) is 0 Å². The van der Waals surface area contributed by atoms with Gasteiger partial charge in [0.2, 0.25) is 0 Å². The second-order valence-electron chi connectivity index (χ2n) is 5.88. The molecular formula is C22H17NO2. The number of carbonyl (C=O) groups is 1. The van der Waals surface area contributed by atoms with Crippen LogP contribution in [0.1, 0.15) is 27.7 Å². The van der Waals surface area contributed by atoms with Crippen molar-refractivity contribution in [3.05, 3.63) is 108 Å². The first-order valence-electron chi connectivity index (χ1n) is 8.20. The number of hydrogen-bond acceptors (Lipinski definition) is 2. The first-order chi connectivity index (χ1) is 12.3. The van der Waals surface area contributed by atoms with Crippen molar-refractivity contribution in [3.63, 3.8) is 0 Å². The van der Waals surface area contributed by atoms with E-state index in [1.165, 1.54) is 0 Å². The Morgan fingerprint density at radius 2 is 1.32 bits per heavy atom. The lowest BCUT2D eigenvalue weighted by molar-refractivity contribution is 0.0372. The number of carbonyl (C=O) groups excluding carboxylic acids is 1. The third-order valence-electron chi connectivity index (χ3n) is 4.18. The molecule has 3 nitrogen and oxygen atoms in total. The van der Waals surface area contributed by atoms with Crippen LogP contribution in [-0.4, -0.2) is 11.0 Å². The number of ether oxygens (including phenoxy) is 1. The summed E-state index contributed by atoms with van der Waals surface area (Å²) in [5.41, 5.74) is 3.26. The minimum Gasteiger partial charge on any atom is -0.448 e. The maximum atomic E-state index is 12.7. The molecule has 4 aromatic rings. The highest BCUT2D eigenvalue weighted by molar-refractivity contribution is 5.94. The molecule has 1 aromatic heterocycles. The van der Waals surface area contributed by atoms with Crippen LogP contribution in [0, 0.1) is 0 Å². The normalized spacial score (nSPS) is 10.9. The summed E-state index contributed by atoms with van der Waals surface area (Å²) in [4.78, 5) is 15.8. The van der Waals surface area contributed by atoms with Gasteiger partial charge in [-0.25, -0.2) is 4.79 Å². The largest absolute Gasteiger partial charge is 0.448 e. The average molecular weight is 327 g/mol. The molecule has 0 fully saturated rings. The quantitative estimate of drug-likeness (QED) is 0.529. The van der Waals surface area contributed by atoms with E-state index < -0.39 is 6.10 Å². The fourth-order valence-corrected chi connectivity index (χ4v) is 2.94. The lowest BCUT2D eigenvalue weighted by Gasteiger charge is -2.18. The predicted octanol–water partition coefficient (Wildman–Crippen LogP) is 5.11. The first-order valence-corrected chi connectivity index (χ1v) is 8.20. The molecule has 0 aliphatic heterocycles. The van der Waals surface area contributed by atoms with Crippen molar-refractivity contribution >= 4 is 16.9 Å². The van der Waals surface area contributed by atoms with Crippen LogP contribution in [-0.2, 0) is 4.74 Å². The molecule has 0 radical (unpaired) electrons. The summed E-state index contributed by atoms with van der Waals surface area (Å²) in [7, 11) is 0. The van der Waals surface area contributed by atoms with Gasteiger partial charge in [-0.1, -0.05) is 78.9 Å². The van der Waals surface area contributed by atoms with Gasteiger partial charge in [0, 0.05) is 10.9 Å². The molecule has 3 heteroatoms. The fraction of sp³-hybridized carbons (Fsp3) is 0.0455. The number of aromatic nitrogens is 1. The van der Waals surface area contributed by atoms with E-state index in [4.69, 9.17) is 4.74 Å². The van der Waals surface area contributed by atoms with E-state index in [2.05, 4.69) is 4.98 Å². The van der Waals surface area contributed by atoms with E-state index in [1.807, 2.05) is 91.0 Å². The second-order valence-corrected chi connectivity index (χ2v) is 5.88. The Morgan fingerprint density at radius 3 is 1.92 bits per heavy atom. The SMILES string of the molecule is O=C(OC(c1ccccc1)c1ccccc1)c1cc2ccccc2[nH]1. The first kappa shape index (κ1) is 15.2. The molecular weight excluding hydrogens is 310 g/mol. The van der Waals surface area contributed by atoms with E-state index in [-0.39, 0.29) is 5.97 Å². The van der Waals surface area contributed by atoms with E-state index in [9.17, 15) is 4.79 Å². The Balaban J connectivity index is 1.67. The van der Waals surface area contributed by atoms with Gasteiger partial charge >= 0.3 is 5.97 Å². The van der Waals surface area contributed by atoms with Gasteiger partial charge in [-0.15, -0.1) is 0 Å². The molecule has 0 spiro atoms. The summed E-state index contributed by atoms with van der Waals surface area (Å²) in [5, 5.41) is 0.991. The molecule has 0 saturated heterocycles. The Morgan fingerprint density at radius 1 is 0.760 bits per heavy atom. The van der Waals surface area contributed by atoms with Gasteiger partial charge in [0.1, 0.15) is 5.69 Å². The molecule has 0 aliphatic carbocycles. The minimum atomic E-state index is -0.443. The summed E-state index contributed by atoms with van der Waals surface area (Å²) in [5.74, 6) is -0.367. The van der Waals surface area contributed by atoms with Gasteiger partial charge in [-0.05, 0) is 23.3 Å². The van der Waals surface area contributed by atoms with Gasteiger partial charge in [-0.2, -0.15) is 0 Å². The van der Waals surface area contributed by atoms with Crippen LogP contribution in [0.15, 0.2) is 91.0 Å². The third kappa shape index (κ3) is 3.17. The molecule has 0 atom stereocenters. The summed E-state index contributed by atoms with van der Waals surface area (Å²) >= 11 is 0. The molecule has 0 aliphatic rings. The number of hydrogen-bond donors (Lipinski definition) is 1. The van der Waals surface area contributed by atoms with Crippen LogP contribution in [0.3, 0.4) is 0 Å². The molecule has 1 N–H and O–H groups in total. The highest BCUT2D eigenvalue weighted by Crippen LogP contribution is 2.27. The number of benzene rings is 3. The van der Waals surface area contributed by atoms with E-state index in [0.717, 1.165) is 22.0 Å². The highest BCUT2D eigenvalue weighted by atomic mass is 16.5. The molecule has 0 unspecified atom stereocenters. The lowest BCUT2D eigenvalue weighted by atomic mass is 10.0. The van der Waals surface area contributed by atoms with Crippen molar-refractivity contribution < 1.29 is 9.53 Å². The number of rotatable bonds is 4. The Labute approximate surface area is 145 Å². The zero-order valence-electron chi connectivity index (χ0n) is 13.6. The molecule has 122 valence electrons. The second kappa shape index (κ2) is 6.65. The number of H-pyrrole nitrogens is 1. The number of fused-ring (bicyclic) bond motifs is 1. The highest BCUT2D eigenvalue weighted by Gasteiger charge is 2.21. The van der Waals surface area contributed by atoms with Crippen molar-refractivity contribution in [2.24, 2.45) is 0 Å². The maximum absolute atomic E-state index is 12.7. The van der Waals surface area contributed by atoms with Gasteiger partial charge in [0.15, 0.2) is 6.10 Å². The van der Waals surface area contributed by atoms with Crippen molar-refractivity contribution in [3.8, 4) is 0 Å². The zero-order valence-corrected chi connectivity index (χ0v) is 13.6.